The van der Waals surface area contributed by atoms with Crippen molar-refractivity contribution in [3.05, 3.63) is 11.6 Å². The molecular weight excluding hydrogens is 270 g/mol. The van der Waals surface area contributed by atoms with Crippen LogP contribution in [0.4, 0.5) is 4.79 Å². The van der Waals surface area contributed by atoms with Crippen molar-refractivity contribution in [3.63, 3.8) is 0 Å². The van der Waals surface area contributed by atoms with E-state index in [0.717, 1.165) is 18.7 Å². The van der Waals surface area contributed by atoms with Crippen molar-refractivity contribution in [2.75, 3.05) is 20.2 Å². The summed E-state index contributed by atoms with van der Waals surface area (Å²) in [4.78, 5) is 18.5. The molecule has 1 aromatic rings. The van der Waals surface area contributed by atoms with Crippen LogP contribution in [0.1, 0.15) is 44.4 Å². The average Bonchev–Trinajstić information content (AvgIpc) is 3.03. The predicted octanol–water partition coefficient (Wildman–Crippen LogP) is 1.63. The van der Waals surface area contributed by atoms with Gasteiger partial charge >= 0.3 is 6.03 Å². The molecule has 2 heterocycles. The maximum absolute atomic E-state index is 12.4. The van der Waals surface area contributed by atoms with Gasteiger partial charge in [0, 0.05) is 26.6 Å². The zero-order valence-corrected chi connectivity index (χ0v) is 13.2. The maximum Gasteiger partial charge on any atom is 0.318 e. The molecule has 2 N–H and O–H groups in total. The molecule has 1 aliphatic rings. The number of H-pyrrole nitrogens is 1. The van der Waals surface area contributed by atoms with E-state index in [1.165, 1.54) is 0 Å². The summed E-state index contributed by atoms with van der Waals surface area (Å²) in [7, 11) is 1.67. The summed E-state index contributed by atoms with van der Waals surface area (Å²) in [5.74, 6) is 1.99. The number of carbonyl (C=O) groups excluding carboxylic acids is 1. The van der Waals surface area contributed by atoms with Crippen LogP contribution in [-0.4, -0.2) is 52.4 Å². The summed E-state index contributed by atoms with van der Waals surface area (Å²) in [5.41, 5.74) is 0. The van der Waals surface area contributed by atoms with Gasteiger partial charge in [-0.1, -0.05) is 13.8 Å². The average molecular weight is 295 g/mol. The van der Waals surface area contributed by atoms with E-state index >= 15 is 0 Å². The van der Waals surface area contributed by atoms with Gasteiger partial charge in [-0.2, -0.15) is 5.10 Å². The molecule has 7 nitrogen and oxygen atoms in total. The number of nitrogens with one attached hydrogen (secondary N) is 2. The second kappa shape index (κ2) is 6.89. The van der Waals surface area contributed by atoms with Crippen LogP contribution in [0.15, 0.2) is 0 Å². The summed E-state index contributed by atoms with van der Waals surface area (Å²) in [6.07, 6.45) is 1.73. The van der Waals surface area contributed by atoms with Crippen LogP contribution >= 0.6 is 0 Å². The second-order valence-corrected chi connectivity index (χ2v) is 5.96. The van der Waals surface area contributed by atoms with Gasteiger partial charge in [-0.3, -0.25) is 5.10 Å². The Morgan fingerprint density at radius 1 is 1.57 bits per heavy atom. The Kier molecular flexibility index (Phi) is 5.17. The molecule has 2 rings (SSSR count). The van der Waals surface area contributed by atoms with E-state index in [1.807, 2.05) is 6.92 Å². The number of urea groups is 1. The van der Waals surface area contributed by atoms with Gasteiger partial charge in [-0.15, -0.1) is 0 Å². The van der Waals surface area contributed by atoms with Crippen molar-refractivity contribution in [3.8, 4) is 0 Å². The third kappa shape index (κ3) is 3.93. The Morgan fingerprint density at radius 3 is 2.90 bits per heavy atom. The third-order valence-electron chi connectivity index (χ3n) is 3.77. The molecule has 0 spiro atoms. The van der Waals surface area contributed by atoms with Gasteiger partial charge in [0.2, 0.25) is 0 Å². The van der Waals surface area contributed by atoms with Crippen LogP contribution in [0, 0.1) is 12.8 Å². The number of aromatic amines is 1. The van der Waals surface area contributed by atoms with Crippen LogP contribution < -0.4 is 5.32 Å². The number of ether oxygens (including phenoxy) is 1. The number of hydrogen-bond donors (Lipinski definition) is 2. The summed E-state index contributed by atoms with van der Waals surface area (Å²) in [5, 5.41) is 10.0. The highest BCUT2D eigenvalue weighted by molar-refractivity contribution is 5.75. The number of carbonyl (C=O) groups is 1. The van der Waals surface area contributed by atoms with Crippen LogP contribution in [0.2, 0.25) is 0 Å². The first-order chi connectivity index (χ1) is 10.0. The summed E-state index contributed by atoms with van der Waals surface area (Å²) in [6, 6.07) is -0.193. The SMILES string of the molecule is CO[C@H]1C[C@@H](c2n[nH]c(C)n2)N(C(=O)NCCC(C)C)C1. The van der Waals surface area contributed by atoms with Gasteiger partial charge < -0.3 is 15.0 Å². The molecule has 7 heteroatoms. The topological polar surface area (TPSA) is 83.1 Å². The molecule has 1 saturated heterocycles. The van der Waals surface area contributed by atoms with Crippen molar-refractivity contribution in [2.45, 2.75) is 45.8 Å². The first kappa shape index (κ1) is 15.8. The number of likely N-dealkylation sites (tertiary alicyclic amines) is 1. The lowest BCUT2D eigenvalue weighted by Crippen LogP contribution is -2.41. The minimum absolute atomic E-state index is 0.0321. The smallest absolute Gasteiger partial charge is 0.318 e. The van der Waals surface area contributed by atoms with E-state index in [2.05, 4.69) is 34.3 Å². The lowest BCUT2D eigenvalue weighted by atomic mass is 10.1. The summed E-state index contributed by atoms with van der Waals surface area (Å²) >= 11 is 0. The van der Waals surface area contributed by atoms with Crippen molar-refractivity contribution >= 4 is 6.03 Å². The molecule has 1 aliphatic heterocycles. The molecule has 118 valence electrons. The Labute approximate surface area is 125 Å². The van der Waals surface area contributed by atoms with E-state index in [-0.39, 0.29) is 18.2 Å². The maximum atomic E-state index is 12.4. The first-order valence-electron chi connectivity index (χ1n) is 7.47. The van der Waals surface area contributed by atoms with Gasteiger partial charge in [0.15, 0.2) is 5.82 Å². The molecule has 0 aromatic carbocycles. The molecule has 1 fully saturated rings. The van der Waals surface area contributed by atoms with E-state index in [9.17, 15) is 4.79 Å². The minimum atomic E-state index is -0.126. The first-order valence-corrected chi connectivity index (χ1v) is 7.47. The molecule has 0 saturated carbocycles. The van der Waals surface area contributed by atoms with E-state index in [0.29, 0.717) is 24.8 Å². The predicted molar refractivity (Wildman–Crippen MR) is 78.8 cm³/mol. The minimum Gasteiger partial charge on any atom is -0.380 e. The highest BCUT2D eigenvalue weighted by Crippen LogP contribution is 2.31. The fourth-order valence-corrected chi connectivity index (χ4v) is 2.52. The van der Waals surface area contributed by atoms with Gasteiger partial charge in [0.25, 0.3) is 0 Å². The van der Waals surface area contributed by atoms with Gasteiger partial charge in [-0.25, -0.2) is 9.78 Å². The standard InChI is InChI=1S/C14H25N5O2/c1-9(2)5-6-15-14(20)19-8-11(21-4)7-12(19)13-16-10(3)17-18-13/h9,11-12H,5-8H2,1-4H3,(H,15,20)(H,16,17,18)/t11-,12-/m0/s1. The third-order valence-corrected chi connectivity index (χ3v) is 3.77. The number of amides is 2. The second-order valence-electron chi connectivity index (χ2n) is 5.96. The fourth-order valence-electron chi connectivity index (χ4n) is 2.52. The Bertz CT molecular complexity index is 474. The van der Waals surface area contributed by atoms with Crippen LogP contribution in [0.5, 0.6) is 0 Å². The fraction of sp³-hybridized carbons (Fsp3) is 0.786. The summed E-state index contributed by atoms with van der Waals surface area (Å²) in [6.45, 7) is 7.39. The van der Waals surface area contributed by atoms with E-state index in [1.54, 1.807) is 12.0 Å². The zero-order valence-electron chi connectivity index (χ0n) is 13.2. The number of aryl methyl sites for hydroxylation is 1. The highest BCUT2D eigenvalue weighted by atomic mass is 16.5. The Balaban J connectivity index is 2.02. The molecule has 0 aliphatic carbocycles. The number of methoxy groups -OCH3 is 1. The molecular formula is C14H25N5O2. The van der Waals surface area contributed by atoms with Crippen LogP contribution in [-0.2, 0) is 4.74 Å². The quantitative estimate of drug-likeness (QED) is 0.865. The van der Waals surface area contributed by atoms with E-state index < -0.39 is 0 Å². The largest absolute Gasteiger partial charge is 0.380 e. The Hall–Kier alpha value is -1.63. The molecule has 21 heavy (non-hydrogen) atoms. The van der Waals surface area contributed by atoms with Crippen molar-refractivity contribution in [1.82, 2.24) is 25.4 Å². The monoisotopic (exact) mass is 295 g/mol. The van der Waals surface area contributed by atoms with E-state index in [4.69, 9.17) is 4.74 Å². The molecule has 2 atom stereocenters. The van der Waals surface area contributed by atoms with Crippen LogP contribution in [0.3, 0.4) is 0 Å². The van der Waals surface area contributed by atoms with Gasteiger partial charge in [0.05, 0.1) is 12.1 Å². The van der Waals surface area contributed by atoms with Crippen molar-refractivity contribution in [2.24, 2.45) is 5.92 Å². The molecule has 2 amide bonds. The molecule has 1 aromatic heterocycles. The molecule has 0 unspecified atom stereocenters. The molecule has 0 radical (unpaired) electrons. The van der Waals surface area contributed by atoms with Gasteiger partial charge in [0.1, 0.15) is 5.82 Å². The van der Waals surface area contributed by atoms with Crippen molar-refractivity contribution in [1.29, 1.82) is 0 Å². The van der Waals surface area contributed by atoms with Gasteiger partial charge in [-0.05, 0) is 19.3 Å². The van der Waals surface area contributed by atoms with Crippen molar-refractivity contribution < 1.29 is 9.53 Å². The zero-order chi connectivity index (χ0) is 15.4. The highest BCUT2D eigenvalue weighted by Gasteiger charge is 2.38. The number of hydrogen-bond acceptors (Lipinski definition) is 4. The Morgan fingerprint density at radius 2 is 2.33 bits per heavy atom. The number of aromatic nitrogens is 3. The lowest BCUT2D eigenvalue weighted by molar-refractivity contribution is 0.110. The lowest BCUT2D eigenvalue weighted by Gasteiger charge is -2.23. The summed E-state index contributed by atoms with van der Waals surface area (Å²) < 4.78 is 5.41. The number of rotatable bonds is 5. The normalized spacial score (nSPS) is 22.0. The number of nitrogens with zero attached hydrogens (tertiary/aromatic N) is 3. The van der Waals surface area contributed by atoms with Crippen LogP contribution in [0.25, 0.3) is 0 Å². The molecule has 0 bridgehead atoms.